The summed E-state index contributed by atoms with van der Waals surface area (Å²) in [6.07, 6.45) is 1.33. The first-order valence-corrected chi connectivity index (χ1v) is 6.74. The Morgan fingerprint density at radius 3 is 2.68 bits per heavy atom. The van der Waals surface area contributed by atoms with Crippen LogP contribution in [0.4, 0.5) is 0 Å². The van der Waals surface area contributed by atoms with E-state index < -0.39 is 11.2 Å². The molecule has 0 spiro atoms. The fraction of sp³-hybridized carbons (Fsp3) is 0.182. The number of hydrogen-bond acceptors (Lipinski definition) is 4. The highest BCUT2D eigenvalue weighted by molar-refractivity contribution is 7.20. The highest BCUT2D eigenvalue weighted by atomic mass is 35.5. The van der Waals surface area contributed by atoms with Gasteiger partial charge in [-0.3, -0.25) is 19.1 Å². The molecule has 0 unspecified atom stereocenters. The maximum absolute atomic E-state index is 12.0. The zero-order valence-electron chi connectivity index (χ0n) is 9.70. The van der Waals surface area contributed by atoms with Crippen LogP contribution < -0.4 is 11.2 Å². The summed E-state index contributed by atoms with van der Waals surface area (Å²) in [7, 11) is 0. The third kappa shape index (κ3) is 2.97. The Bertz CT molecular complexity index is 760. The lowest BCUT2D eigenvalue weighted by Crippen LogP contribution is -2.32. The van der Waals surface area contributed by atoms with Crippen molar-refractivity contribution in [2.24, 2.45) is 0 Å². The van der Waals surface area contributed by atoms with Crippen LogP contribution in [-0.4, -0.2) is 15.3 Å². The van der Waals surface area contributed by atoms with Gasteiger partial charge in [0.15, 0.2) is 5.78 Å². The first-order valence-electron chi connectivity index (χ1n) is 5.17. The standard InChI is InChI=1S/C11H8Cl2N2O3S/c1-5-3-15(11(18)14-10(5)17)4-7(16)6-2-8(12)19-9(6)13/h2-3H,4H2,1H3,(H,14,17,18). The molecule has 19 heavy (non-hydrogen) atoms. The van der Waals surface area contributed by atoms with Crippen molar-refractivity contribution < 1.29 is 4.79 Å². The topological polar surface area (TPSA) is 71.9 Å². The van der Waals surface area contributed by atoms with Gasteiger partial charge in [-0.2, -0.15) is 0 Å². The summed E-state index contributed by atoms with van der Waals surface area (Å²) in [5.41, 5.74) is -0.485. The Labute approximate surface area is 121 Å². The minimum absolute atomic E-state index is 0.205. The molecule has 0 fully saturated rings. The van der Waals surface area contributed by atoms with Crippen LogP contribution in [0.5, 0.6) is 0 Å². The van der Waals surface area contributed by atoms with Gasteiger partial charge in [0.2, 0.25) is 0 Å². The number of Topliss-reactive ketones (excluding diaryl/α,β-unsaturated/α-hetero) is 1. The molecule has 2 rings (SSSR count). The molecule has 0 bridgehead atoms. The number of ketones is 1. The Morgan fingerprint density at radius 2 is 2.11 bits per heavy atom. The van der Waals surface area contributed by atoms with Gasteiger partial charge < -0.3 is 0 Å². The number of nitrogens with zero attached hydrogens (tertiary/aromatic N) is 1. The molecule has 0 aliphatic carbocycles. The second-order valence-electron chi connectivity index (χ2n) is 3.86. The number of carbonyl (C=O) groups is 1. The molecule has 2 aromatic rings. The monoisotopic (exact) mass is 318 g/mol. The van der Waals surface area contributed by atoms with Gasteiger partial charge in [0, 0.05) is 11.8 Å². The molecule has 0 saturated heterocycles. The lowest BCUT2D eigenvalue weighted by atomic mass is 10.2. The van der Waals surface area contributed by atoms with Crippen LogP contribution in [0.1, 0.15) is 15.9 Å². The predicted octanol–water partition coefficient (Wildman–Crippen LogP) is 2.10. The summed E-state index contributed by atoms with van der Waals surface area (Å²) in [4.78, 5) is 36.9. The summed E-state index contributed by atoms with van der Waals surface area (Å²) < 4.78 is 1.81. The normalized spacial score (nSPS) is 10.7. The van der Waals surface area contributed by atoms with Gasteiger partial charge >= 0.3 is 5.69 Å². The Morgan fingerprint density at radius 1 is 1.42 bits per heavy atom. The van der Waals surface area contributed by atoms with Crippen molar-refractivity contribution in [3.8, 4) is 0 Å². The van der Waals surface area contributed by atoms with E-state index in [1.165, 1.54) is 12.3 Å². The van der Waals surface area contributed by atoms with Gasteiger partial charge in [0.1, 0.15) is 4.34 Å². The smallest absolute Gasteiger partial charge is 0.293 e. The number of nitrogens with one attached hydrogen (secondary N) is 1. The van der Waals surface area contributed by atoms with Crippen LogP contribution >= 0.6 is 34.5 Å². The first kappa shape index (κ1) is 14.0. The molecule has 8 heteroatoms. The van der Waals surface area contributed by atoms with Crippen LogP contribution in [0.2, 0.25) is 8.67 Å². The van der Waals surface area contributed by atoms with Crippen LogP contribution in [0.15, 0.2) is 21.9 Å². The SMILES string of the molecule is Cc1cn(CC(=O)c2cc(Cl)sc2Cl)c(=O)[nH]c1=O. The minimum atomic E-state index is -0.638. The molecule has 1 N–H and O–H groups in total. The number of aromatic nitrogens is 2. The average molecular weight is 319 g/mol. The molecule has 0 aromatic carbocycles. The maximum Gasteiger partial charge on any atom is 0.328 e. The summed E-state index contributed by atoms with van der Waals surface area (Å²) in [6, 6.07) is 1.46. The fourth-order valence-corrected chi connectivity index (χ4v) is 3.01. The maximum atomic E-state index is 12.0. The molecular weight excluding hydrogens is 311 g/mol. The number of H-pyrrole nitrogens is 1. The molecule has 2 heterocycles. The Kier molecular flexibility index (Phi) is 3.93. The molecular formula is C11H8Cl2N2O3S. The Hall–Kier alpha value is -1.37. The summed E-state index contributed by atoms with van der Waals surface area (Å²) in [5, 5.41) is 0. The number of thiophene rings is 1. The molecule has 0 saturated carbocycles. The largest absolute Gasteiger partial charge is 0.328 e. The zero-order valence-corrected chi connectivity index (χ0v) is 12.0. The molecule has 0 aliphatic rings. The van der Waals surface area contributed by atoms with Gasteiger partial charge in [-0.25, -0.2) is 4.79 Å². The van der Waals surface area contributed by atoms with E-state index in [-0.39, 0.29) is 22.2 Å². The molecule has 0 aliphatic heterocycles. The van der Waals surface area contributed by atoms with E-state index in [9.17, 15) is 14.4 Å². The molecule has 5 nitrogen and oxygen atoms in total. The summed E-state index contributed by atoms with van der Waals surface area (Å²) in [6.45, 7) is 1.34. The van der Waals surface area contributed by atoms with Crippen molar-refractivity contribution in [2.75, 3.05) is 0 Å². The van der Waals surface area contributed by atoms with E-state index in [1.54, 1.807) is 6.92 Å². The van der Waals surface area contributed by atoms with E-state index >= 15 is 0 Å². The predicted molar refractivity (Wildman–Crippen MR) is 74.7 cm³/mol. The second-order valence-corrected chi connectivity index (χ2v) is 6.15. The second kappa shape index (κ2) is 5.32. The summed E-state index contributed by atoms with van der Waals surface area (Å²) >= 11 is 12.7. The van der Waals surface area contributed by atoms with Gasteiger partial charge in [-0.1, -0.05) is 23.2 Å². The number of carbonyl (C=O) groups excluding carboxylic acids is 1. The van der Waals surface area contributed by atoms with E-state index in [0.717, 1.165) is 15.9 Å². The van der Waals surface area contributed by atoms with Crippen LogP contribution in [0.3, 0.4) is 0 Å². The summed E-state index contributed by atoms with van der Waals surface area (Å²) in [5.74, 6) is -0.346. The third-order valence-corrected chi connectivity index (χ3v) is 3.95. The lowest BCUT2D eigenvalue weighted by molar-refractivity contribution is 0.0971. The zero-order chi connectivity index (χ0) is 14.2. The van der Waals surface area contributed by atoms with E-state index in [2.05, 4.69) is 4.98 Å². The van der Waals surface area contributed by atoms with Crippen molar-refractivity contribution in [2.45, 2.75) is 13.5 Å². The number of aryl methyl sites for hydroxylation is 1. The van der Waals surface area contributed by atoms with Gasteiger partial charge in [-0.15, -0.1) is 11.3 Å². The fourth-order valence-electron chi connectivity index (χ4n) is 1.51. The van der Waals surface area contributed by atoms with Crippen molar-refractivity contribution in [3.05, 3.63) is 52.9 Å². The highest BCUT2D eigenvalue weighted by Crippen LogP contribution is 2.31. The van der Waals surface area contributed by atoms with Crippen molar-refractivity contribution >= 4 is 40.3 Å². The highest BCUT2D eigenvalue weighted by Gasteiger charge is 2.15. The molecule has 2 aromatic heterocycles. The third-order valence-electron chi connectivity index (χ3n) is 2.46. The molecule has 100 valence electrons. The Balaban J connectivity index is 2.34. The minimum Gasteiger partial charge on any atom is -0.293 e. The molecule has 0 atom stereocenters. The van der Waals surface area contributed by atoms with Crippen LogP contribution in [0, 0.1) is 6.92 Å². The van der Waals surface area contributed by atoms with Crippen molar-refractivity contribution in [1.29, 1.82) is 0 Å². The lowest BCUT2D eigenvalue weighted by Gasteiger charge is -2.04. The number of hydrogen-bond donors (Lipinski definition) is 1. The van der Waals surface area contributed by atoms with Crippen LogP contribution in [-0.2, 0) is 6.54 Å². The van der Waals surface area contributed by atoms with Crippen molar-refractivity contribution in [1.82, 2.24) is 9.55 Å². The van der Waals surface area contributed by atoms with E-state index in [1.807, 2.05) is 0 Å². The van der Waals surface area contributed by atoms with E-state index in [4.69, 9.17) is 23.2 Å². The van der Waals surface area contributed by atoms with Gasteiger partial charge in [0.25, 0.3) is 5.56 Å². The quantitative estimate of drug-likeness (QED) is 0.881. The van der Waals surface area contributed by atoms with Crippen LogP contribution in [0.25, 0.3) is 0 Å². The average Bonchev–Trinajstić information content (AvgIpc) is 2.65. The molecule has 0 amide bonds. The number of aromatic amines is 1. The molecule has 0 radical (unpaired) electrons. The van der Waals surface area contributed by atoms with Gasteiger partial charge in [0.05, 0.1) is 16.4 Å². The van der Waals surface area contributed by atoms with E-state index in [0.29, 0.717) is 9.90 Å². The number of rotatable bonds is 3. The number of halogens is 2. The first-order chi connectivity index (χ1) is 8.88. The van der Waals surface area contributed by atoms with Gasteiger partial charge in [-0.05, 0) is 13.0 Å². The van der Waals surface area contributed by atoms with Crippen molar-refractivity contribution in [3.63, 3.8) is 0 Å².